The number of piperidine rings is 1. The molecule has 2 aromatic rings. The maximum Gasteiger partial charge on any atom is 0.293 e. The first kappa shape index (κ1) is 20.2. The van der Waals surface area contributed by atoms with E-state index in [1.807, 2.05) is 6.92 Å². The van der Waals surface area contributed by atoms with E-state index in [0.29, 0.717) is 13.1 Å². The lowest BCUT2D eigenvalue weighted by atomic mass is 10.0. The monoisotopic (exact) mass is 407 g/mol. The van der Waals surface area contributed by atoms with Crippen molar-refractivity contribution in [2.75, 3.05) is 18.4 Å². The summed E-state index contributed by atoms with van der Waals surface area (Å²) in [6, 6.07) is 9.65. The molecule has 2 aromatic carbocycles. The summed E-state index contributed by atoms with van der Waals surface area (Å²) in [5.74, 6) is -0.105. The molecular weight excluding hydrogens is 385 g/mol. The second-order valence-corrected chi connectivity index (χ2v) is 8.96. The number of anilines is 1. The van der Waals surface area contributed by atoms with E-state index in [4.69, 9.17) is 0 Å². The van der Waals surface area contributed by atoms with Gasteiger partial charge in [-0.25, -0.2) is 12.8 Å². The van der Waals surface area contributed by atoms with Crippen molar-refractivity contribution in [1.82, 2.24) is 4.31 Å². The summed E-state index contributed by atoms with van der Waals surface area (Å²) in [6.07, 6.45) is 1.75. The molecule has 1 atom stereocenters. The molecule has 1 aliphatic heterocycles. The van der Waals surface area contributed by atoms with Crippen LogP contribution in [0.3, 0.4) is 0 Å². The molecule has 9 heteroatoms. The summed E-state index contributed by atoms with van der Waals surface area (Å²) in [6.45, 7) is 3.08. The fourth-order valence-electron chi connectivity index (χ4n) is 3.29. The third-order valence-corrected chi connectivity index (χ3v) is 6.68. The van der Waals surface area contributed by atoms with Crippen molar-refractivity contribution >= 4 is 21.4 Å². The maximum atomic E-state index is 13.0. The molecule has 0 saturated carbocycles. The standard InChI is InChI=1S/C19H22FN3O4S/c1-14-3-2-10-22(13-14)28(26,27)17-8-9-18(19(11-17)23(24)25)21-12-15-4-6-16(20)7-5-15/h4-9,11,14,21H,2-3,10,12-13H2,1H3/t14-/m1/s1. The van der Waals surface area contributed by atoms with Crippen LogP contribution in [-0.2, 0) is 16.6 Å². The van der Waals surface area contributed by atoms with E-state index in [-0.39, 0.29) is 34.6 Å². The van der Waals surface area contributed by atoms with E-state index >= 15 is 0 Å². The number of hydrogen-bond acceptors (Lipinski definition) is 5. The molecule has 1 heterocycles. The summed E-state index contributed by atoms with van der Waals surface area (Å²) < 4.78 is 40.1. The van der Waals surface area contributed by atoms with E-state index in [1.54, 1.807) is 12.1 Å². The Bertz CT molecular complexity index is 964. The molecule has 1 saturated heterocycles. The van der Waals surface area contributed by atoms with Crippen LogP contribution in [0, 0.1) is 21.8 Å². The molecule has 0 aliphatic carbocycles. The first-order valence-electron chi connectivity index (χ1n) is 9.04. The SMILES string of the molecule is C[C@@H]1CCCN(S(=O)(=O)c2ccc(NCc3ccc(F)cc3)c([N+](=O)[O-])c2)C1. The van der Waals surface area contributed by atoms with Crippen LogP contribution in [0.1, 0.15) is 25.3 Å². The second-order valence-electron chi connectivity index (χ2n) is 7.03. The average Bonchev–Trinajstić information content (AvgIpc) is 2.67. The van der Waals surface area contributed by atoms with Crippen LogP contribution in [0.4, 0.5) is 15.8 Å². The lowest BCUT2D eigenvalue weighted by Crippen LogP contribution is -2.39. The van der Waals surface area contributed by atoms with Crippen LogP contribution in [0.25, 0.3) is 0 Å². The Morgan fingerprint density at radius 3 is 2.61 bits per heavy atom. The van der Waals surface area contributed by atoms with E-state index in [2.05, 4.69) is 5.32 Å². The van der Waals surface area contributed by atoms with Crippen molar-refractivity contribution < 1.29 is 17.7 Å². The van der Waals surface area contributed by atoms with Crippen LogP contribution >= 0.6 is 0 Å². The molecule has 7 nitrogen and oxygen atoms in total. The quantitative estimate of drug-likeness (QED) is 0.581. The zero-order valence-corrected chi connectivity index (χ0v) is 16.3. The Labute approximate surface area is 163 Å². The lowest BCUT2D eigenvalue weighted by molar-refractivity contribution is -0.384. The van der Waals surface area contributed by atoms with Crippen LogP contribution < -0.4 is 5.32 Å². The largest absolute Gasteiger partial charge is 0.375 e. The van der Waals surface area contributed by atoms with Crippen molar-refractivity contribution in [3.8, 4) is 0 Å². The number of nitro benzene ring substituents is 1. The summed E-state index contributed by atoms with van der Waals surface area (Å²) in [5.41, 5.74) is 0.642. The highest BCUT2D eigenvalue weighted by Crippen LogP contribution is 2.31. The molecular formula is C19H22FN3O4S. The summed E-state index contributed by atoms with van der Waals surface area (Å²) in [5, 5.41) is 14.4. The van der Waals surface area contributed by atoms with Crippen molar-refractivity contribution in [3.63, 3.8) is 0 Å². The number of sulfonamides is 1. The van der Waals surface area contributed by atoms with Gasteiger partial charge in [0.15, 0.2) is 0 Å². The predicted molar refractivity (Wildman–Crippen MR) is 104 cm³/mol. The zero-order valence-electron chi connectivity index (χ0n) is 15.5. The number of rotatable bonds is 6. The zero-order chi connectivity index (χ0) is 20.3. The summed E-state index contributed by atoms with van der Waals surface area (Å²) in [4.78, 5) is 10.8. The van der Waals surface area contributed by atoms with Gasteiger partial charge >= 0.3 is 0 Å². The molecule has 150 valence electrons. The Morgan fingerprint density at radius 1 is 1.25 bits per heavy atom. The highest BCUT2D eigenvalue weighted by atomic mass is 32.2. The Hall–Kier alpha value is -2.52. The normalized spacial score (nSPS) is 18.0. The van der Waals surface area contributed by atoms with Crippen LogP contribution in [0.2, 0.25) is 0 Å². The van der Waals surface area contributed by atoms with E-state index in [0.717, 1.165) is 24.5 Å². The average molecular weight is 407 g/mol. The number of nitro groups is 1. The molecule has 1 fully saturated rings. The molecule has 1 aliphatic rings. The fraction of sp³-hybridized carbons (Fsp3) is 0.368. The number of hydrogen-bond donors (Lipinski definition) is 1. The van der Waals surface area contributed by atoms with Gasteiger partial charge in [-0.3, -0.25) is 10.1 Å². The first-order valence-corrected chi connectivity index (χ1v) is 10.5. The van der Waals surface area contributed by atoms with Crippen LogP contribution in [-0.4, -0.2) is 30.7 Å². The number of nitrogens with zero attached hydrogens (tertiary/aromatic N) is 2. The van der Waals surface area contributed by atoms with Gasteiger partial charge in [0, 0.05) is 25.7 Å². The molecule has 28 heavy (non-hydrogen) atoms. The van der Waals surface area contributed by atoms with Crippen molar-refractivity contribution in [3.05, 3.63) is 64.0 Å². The van der Waals surface area contributed by atoms with Gasteiger partial charge in [-0.1, -0.05) is 19.1 Å². The second kappa shape index (κ2) is 8.24. The Morgan fingerprint density at radius 2 is 1.96 bits per heavy atom. The third kappa shape index (κ3) is 4.48. The van der Waals surface area contributed by atoms with Gasteiger partial charge in [0.1, 0.15) is 11.5 Å². The van der Waals surface area contributed by atoms with Gasteiger partial charge in [0.2, 0.25) is 10.0 Å². The molecule has 0 bridgehead atoms. The maximum absolute atomic E-state index is 13.0. The van der Waals surface area contributed by atoms with Gasteiger partial charge in [-0.2, -0.15) is 4.31 Å². The van der Waals surface area contributed by atoms with Gasteiger partial charge in [0.05, 0.1) is 9.82 Å². The summed E-state index contributed by atoms with van der Waals surface area (Å²) >= 11 is 0. The molecule has 3 rings (SSSR count). The highest BCUT2D eigenvalue weighted by Gasteiger charge is 2.30. The van der Waals surface area contributed by atoms with Gasteiger partial charge in [-0.05, 0) is 48.6 Å². The van der Waals surface area contributed by atoms with E-state index in [1.165, 1.54) is 28.6 Å². The smallest absolute Gasteiger partial charge is 0.293 e. The molecule has 0 amide bonds. The van der Waals surface area contributed by atoms with Crippen LogP contribution in [0.15, 0.2) is 47.4 Å². The third-order valence-electron chi connectivity index (χ3n) is 4.82. The van der Waals surface area contributed by atoms with Crippen molar-refractivity contribution in [1.29, 1.82) is 0 Å². The minimum Gasteiger partial charge on any atom is -0.375 e. The number of halogens is 1. The van der Waals surface area contributed by atoms with Crippen LogP contribution in [0.5, 0.6) is 0 Å². The number of nitrogens with one attached hydrogen (secondary N) is 1. The molecule has 0 radical (unpaired) electrons. The fourth-order valence-corrected chi connectivity index (χ4v) is 4.90. The summed E-state index contributed by atoms with van der Waals surface area (Å²) in [7, 11) is -3.78. The molecule has 0 spiro atoms. The topological polar surface area (TPSA) is 92.6 Å². The molecule has 1 N–H and O–H groups in total. The lowest BCUT2D eigenvalue weighted by Gasteiger charge is -2.30. The minimum absolute atomic E-state index is 0.0827. The Kier molecular flexibility index (Phi) is 5.95. The highest BCUT2D eigenvalue weighted by molar-refractivity contribution is 7.89. The van der Waals surface area contributed by atoms with Gasteiger partial charge < -0.3 is 5.32 Å². The van der Waals surface area contributed by atoms with E-state index < -0.39 is 14.9 Å². The van der Waals surface area contributed by atoms with Crippen molar-refractivity contribution in [2.45, 2.75) is 31.2 Å². The Balaban J connectivity index is 1.84. The van der Waals surface area contributed by atoms with Gasteiger partial charge in [0.25, 0.3) is 5.69 Å². The predicted octanol–water partition coefficient (Wildman–Crippen LogP) is 3.77. The molecule has 0 aromatic heterocycles. The number of benzene rings is 2. The first-order chi connectivity index (χ1) is 13.3. The minimum atomic E-state index is -3.78. The van der Waals surface area contributed by atoms with Crippen molar-refractivity contribution in [2.24, 2.45) is 5.92 Å². The van der Waals surface area contributed by atoms with Gasteiger partial charge in [-0.15, -0.1) is 0 Å². The van der Waals surface area contributed by atoms with E-state index in [9.17, 15) is 22.9 Å². The molecule has 0 unspecified atom stereocenters.